The van der Waals surface area contributed by atoms with Crippen LogP contribution in [-0.2, 0) is 6.61 Å². The van der Waals surface area contributed by atoms with Crippen LogP contribution in [-0.4, -0.2) is 26.0 Å². The Hall–Kier alpha value is -4.00. The fourth-order valence-electron chi connectivity index (χ4n) is 2.90. The van der Waals surface area contributed by atoms with Crippen LogP contribution in [0, 0.1) is 0 Å². The molecule has 1 amide bonds. The van der Waals surface area contributed by atoms with Crippen LogP contribution < -0.4 is 24.4 Å². The number of methoxy groups -OCH3 is 1. The van der Waals surface area contributed by atoms with Gasteiger partial charge in [-0.2, -0.15) is 5.10 Å². The molecule has 0 fully saturated rings. The first kappa shape index (κ1) is 19.3. The van der Waals surface area contributed by atoms with E-state index in [-0.39, 0.29) is 12.7 Å². The number of nitrogens with zero attached hydrogens (tertiary/aromatic N) is 1. The maximum Gasteiger partial charge on any atom is 0.271 e. The molecule has 0 atom stereocenters. The quantitative estimate of drug-likeness (QED) is 0.479. The summed E-state index contributed by atoms with van der Waals surface area (Å²) in [7, 11) is 1.63. The predicted octanol–water partition coefficient (Wildman–Crippen LogP) is 3.77. The Morgan fingerprint density at radius 2 is 1.93 bits per heavy atom. The number of hydrogen-bond acceptors (Lipinski definition) is 6. The molecule has 1 aliphatic heterocycles. The first-order valence-corrected chi connectivity index (χ1v) is 9.31. The number of para-hydroxylation sites is 1. The summed E-state index contributed by atoms with van der Waals surface area (Å²) in [4.78, 5) is 12.3. The number of amides is 1. The van der Waals surface area contributed by atoms with Crippen molar-refractivity contribution in [2.45, 2.75) is 6.61 Å². The summed E-state index contributed by atoms with van der Waals surface area (Å²) in [6.45, 7) is 0.538. The van der Waals surface area contributed by atoms with Gasteiger partial charge in [-0.1, -0.05) is 24.3 Å². The lowest BCUT2D eigenvalue weighted by Gasteiger charge is -2.10. The van der Waals surface area contributed by atoms with Crippen LogP contribution >= 0.6 is 0 Å². The zero-order valence-corrected chi connectivity index (χ0v) is 16.3. The number of carbonyl (C=O) groups is 1. The van der Waals surface area contributed by atoms with Gasteiger partial charge in [-0.05, 0) is 48.0 Å². The molecule has 3 aromatic rings. The second kappa shape index (κ2) is 9.00. The minimum Gasteiger partial charge on any atom is -0.497 e. The van der Waals surface area contributed by atoms with Crippen molar-refractivity contribution in [2.75, 3.05) is 13.9 Å². The summed E-state index contributed by atoms with van der Waals surface area (Å²) >= 11 is 0. The number of hydrogen-bond donors (Lipinski definition) is 1. The monoisotopic (exact) mass is 404 g/mol. The van der Waals surface area contributed by atoms with E-state index in [0.29, 0.717) is 29.4 Å². The molecule has 152 valence electrons. The average Bonchev–Trinajstić information content (AvgIpc) is 3.26. The third-order valence-electron chi connectivity index (χ3n) is 4.45. The van der Waals surface area contributed by atoms with Crippen molar-refractivity contribution in [1.29, 1.82) is 0 Å². The zero-order valence-electron chi connectivity index (χ0n) is 16.3. The Morgan fingerprint density at radius 3 is 2.83 bits per heavy atom. The smallest absolute Gasteiger partial charge is 0.271 e. The third-order valence-corrected chi connectivity index (χ3v) is 4.45. The molecule has 7 heteroatoms. The van der Waals surface area contributed by atoms with Crippen molar-refractivity contribution >= 4 is 12.1 Å². The predicted molar refractivity (Wildman–Crippen MR) is 111 cm³/mol. The highest BCUT2D eigenvalue weighted by molar-refractivity contribution is 5.95. The molecule has 0 unspecified atom stereocenters. The fraction of sp³-hybridized carbons (Fsp3) is 0.130. The Kier molecular flexibility index (Phi) is 5.80. The number of ether oxygens (including phenoxy) is 4. The molecule has 0 aliphatic carbocycles. The Labute approximate surface area is 173 Å². The van der Waals surface area contributed by atoms with Crippen LogP contribution in [0.25, 0.3) is 0 Å². The number of fused-ring (bicyclic) bond motifs is 1. The van der Waals surface area contributed by atoms with Crippen LogP contribution in [0.3, 0.4) is 0 Å². The molecule has 0 saturated heterocycles. The van der Waals surface area contributed by atoms with Gasteiger partial charge in [0, 0.05) is 11.1 Å². The van der Waals surface area contributed by atoms with Crippen LogP contribution in [0.1, 0.15) is 21.5 Å². The van der Waals surface area contributed by atoms with E-state index in [1.807, 2.05) is 48.5 Å². The van der Waals surface area contributed by atoms with Crippen molar-refractivity contribution < 1.29 is 23.7 Å². The minimum atomic E-state index is -0.348. The molecule has 4 rings (SSSR count). The summed E-state index contributed by atoms with van der Waals surface area (Å²) in [5.41, 5.74) is 4.67. The van der Waals surface area contributed by atoms with Crippen LogP contribution in [0.4, 0.5) is 0 Å². The van der Waals surface area contributed by atoms with E-state index in [1.165, 1.54) is 0 Å². The number of rotatable bonds is 7. The van der Waals surface area contributed by atoms with Crippen molar-refractivity contribution in [3.05, 3.63) is 83.4 Å². The second-order valence-electron chi connectivity index (χ2n) is 6.45. The van der Waals surface area contributed by atoms with E-state index < -0.39 is 0 Å². The first-order valence-electron chi connectivity index (χ1n) is 9.31. The maximum absolute atomic E-state index is 12.3. The molecule has 0 radical (unpaired) electrons. The SMILES string of the molecule is COc1cccc(COc2ccccc2/C=N/NC(=O)c2ccc3c(c2)OCO3)c1. The summed E-state index contributed by atoms with van der Waals surface area (Å²) in [5.74, 6) is 2.25. The highest BCUT2D eigenvalue weighted by Crippen LogP contribution is 2.32. The second-order valence-corrected chi connectivity index (χ2v) is 6.45. The van der Waals surface area contributed by atoms with Gasteiger partial charge in [-0.15, -0.1) is 0 Å². The Morgan fingerprint density at radius 1 is 1.07 bits per heavy atom. The lowest BCUT2D eigenvalue weighted by Crippen LogP contribution is -2.17. The van der Waals surface area contributed by atoms with Crippen molar-refractivity contribution in [3.8, 4) is 23.0 Å². The molecule has 0 saturated carbocycles. The minimum absolute atomic E-state index is 0.158. The van der Waals surface area contributed by atoms with Gasteiger partial charge < -0.3 is 18.9 Å². The van der Waals surface area contributed by atoms with Gasteiger partial charge in [0.05, 0.1) is 13.3 Å². The normalized spacial score (nSPS) is 12.0. The molecule has 1 N–H and O–H groups in total. The van der Waals surface area contributed by atoms with Gasteiger partial charge in [-0.3, -0.25) is 4.79 Å². The van der Waals surface area contributed by atoms with Crippen LogP contribution in [0.2, 0.25) is 0 Å². The summed E-state index contributed by atoms with van der Waals surface area (Å²) < 4.78 is 21.7. The summed E-state index contributed by atoms with van der Waals surface area (Å²) in [6, 6.07) is 20.1. The van der Waals surface area contributed by atoms with E-state index in [2.05, 4.69) is 10.5 Å². The Bertz CT molecular complexity index is 1080. The number of carbonyl (C=O) groups excluding carboxylic acids is 1. The molecule has 7 nitrogen and oxygen atoms in total. The van der Waals surface area contributed by atoms with Gasteiger partial charge in [-0.25, -0.2) is 5.43 Å². The molecule has 0 spiro atoms. The lowest BCUT2D eigenvalue weighted by atomic mass is 10.2. The molecule has 1 heterocycles. The maximum atomic E-state index is 12.3. The molecule has 3 aromatic carbocycles. The highest BCUT2D eigenvalue weighted by Gasteiger charge is 2.15. The zero-order chi connectivity index (χ0) is 20.8. The van der Waals surface area contributed by atoms with E-state index in [1.54, 1.807) is 31.5 Å². The Balaban J connectivity index is 1.39. The first-order chi connectivity index (χ1) is 14.7. The topological polar surface area (TPSA) is 78.4 Å². The van der Waals surface area contributed by atoms with Crippen LogP contribution in [0.5, 0.6) is 23.0 Å². The van der Waals surface area contributed by atoms with Crippen molar-refractivity contribution in [2.24, 2.45) is 5.10 Å². The fourth-order valence-corrected chi connectivity index (χ4v) is 2.90. The van der Waals surface area contributed by atoms with Gasteiger partial charge in [0.1, 0.15) is 18.1 Å². The summed E-state index contributed by atoms with van der Waals surface area (Å²) in [5, 5.41) is 4.06. The highest BCUT2D eigenvalue weighted by atomic mass is 16.7. The van der Waals surface area contributed by atoms with Gasteiger partial charge in [0.15, 0.2) is 11.5 Å². The molecule has 30 heavy (non-hydrogen) atoms. The molecular weight excluding hydrogens is 384 g/mol. The number of hydrazone groups is 1. The average molecular weight is 404 g/mol. The largest absolute Gasteiger partial charge is 0.497 e. The molecule has 0 bridgehead atoms. The van der Waals surface area contributed by atoms with E-state index in [0.717, 1.165) is 16.9 Å². The molecule has 0 aromatic heterocycles. The standard InChI is InChI=1S/C23H20N2O5/c1-27-19-7-4-5-16(11-19)14-28-20-8-3-2-6-18(20)13-24-25-23(26)17-9-10-21-22(12-17)30-15-29-21/h2-13H,14-15H2,1H3,(H,25,26)/b24-13+. The van der Waals surface area contributed by atoms with Crippen molar-refractivity contribution in [3.63, 3.8) is 0 Å². The number of benzene rings is 3. The van der Waals surface area contributed by atoms with Gasteiger partial charge in [0.25, 0.3) is 5.91 Å². The van der Waals surface area contributed by atoms with E-state index in [9.17, 15) is 4.79 Å². The third kappa shape index (κ3) is 4.52. The van der Waals surface area contributed by atoms with Gasteiger partial charge >= 0.3 is 0 Å². The lowest BCUT2D eigenvalue weighted by molar-refractivity contribution is 0.0954. The van der Waals surface area contributed by atoms with Gasteiger partial charge in [0.2, 0.25) is 6.79 Å². The molecular formula is C23H20N2O5. The van der Waals surface area contributed by atoms with E-state index in [4.69, 9.17) is 18.9 Å². The van der Waals surface area contributed by atoms with E-state index >= 15 is 0 Å². The van der Waals surface area contributed by atoms with Crippen LogP contribution in [0.15, 0.2) is 71.8 Å². The summed E-state index contributed by atoms with van der Waals surface area (Å²) in [6.07, 6.45) is 1.55. The molecule has 1 aliphatic rings. The number of nitrogens with one attached hydrogen (secondary N) is 1. The van der Waals surface area contributed by atoms with Crippen molar-refractivity contribution in [1.82, 2.24) is 5.43 Å².